The monoisotopic (exact) mass is 204 g/mol. The summed E-state index contributed by atoms with van der Waals surface area (Å²) in [5, 5.41) is 0. The molecule has 0 fully saturated rings. The Hall–Kier alpha value is -2.30. The molecule has 0 unspecified atom stereocenters. The quantitative estimate of drug-likeness (QED) is 0.416. The number of aldehydes is 1. The fourth-order valence-corrected chi connectivity index (χ4v) is 0.708. The van der Waals surface area contributed by atoms with Crippen LogP contribution in [0.4, 0.5) is 0 Å². The summed E-state index contributed by atoms with van der Waals surface area (Å²) in [4.78, 5) is 27.3. The number of rotatable bonds is 2. The van der Waals surface area contributed by atoms with Crippen molar-refractivity contribution in [1.82, 2.24) is 9.97 Å². The average molecular weight is 204 g/mol. The van der Waals surface area contributed by atoms with Crippen molar-refractivity contribution in [1.29, 1.82) is 0 Å². The summed E-state index contributed by atoms with van der Waals surface area (Å²) in [7, 11) is 0. The Kier molecular flexibility index (Phi) is 4.45. The molecule has 2 rings (SSSR count). The predicted octanol–water partition coefficient (Wildman–Crippen LogP) is 1.14. The van der Waals surface area contributed by atoms with E-state index < -0.39 is 5.78 Å². The Morgan fingerprint density at radius 2 is 1.93 bits per heavy atom. The molecule has 15 heavy (non-hydrogen) atoms. The van der Waals surface area contributed by atoms with Crippen LogP contribution in [-0.2, 0) is 4.79 Å². The second-order valence-corrected chi connectivity index (χ2v) is 2.34. The molecule has 0 bridgehead atoms. The first-order valence-electron chi connectivity index (χ1n) is 4.08. The van der Waals surface area contributed by atoms with E-state index in [0.29, 0.717) is 0 Å². The maximum absolute atomic E-state index is 10.4. The van der Waals surface area contributed by atoms with E-state index in [0.717, 1.165) is 0 Å². The fraction of sp³-hybridized carbons (Fsp3) is 0. The van der Waals surface area contributed by atoms with Gasteiger partial charge in [-0.15, -0.1) is 0 Å². The van der Waals surface area contributed by atoms with E-state index in [1.54, 1.807) is 12.4 Å². The van der Waals surface area contributed by atoms with Crippen LogP contribution in [-0.4, -0.2) is 22.0 Å². The van der Waals surface area contributed by atoms with Crippen LogP contribution in [0.25, 0.3) is 0 Å². The highest BCUT2D eigenvalue weighted by atomic mass is 16.3. The molecule has 5 heteroatoms. The molecule has 0 saturated carbocycles. The highest BCUT2D eigenvalue weighted by molar-refractivity contribution is 6.31. The van der Waals surface area contributed by atoms with Crippen LogP contribution in [0.5, 0.6) is 0 Å². The topological polar surface area (TPSA) is 73.1 Å². The van der Waals surface area contributed by atoms with Crippen molar-refractivity contribution in [2.75, 3.05) is 0 Å². The molecule has 0 aliphatic carbocycles. The molecule has 0 radical (unpaired) electrons. The van der Waals surface area contributed by atoms with E-state index in [1.807, 2.05) is 18.2 Å². The van der Waals surface area contributed by atoms with Gasteiger partial charge in [0.1, 0.15) is 6.26 Å². The molecule has 2 heterocycles. The number of carbonyl (C=O) groups excluding carboxylic acids is 2. The number of pyridine rings is 1. The first kappa shape index (κ1) is 10.8. The highest BCUT2D eigenvalue weighted by Crippen LogP contribution is 1.92. The van der Waals surface area contributed by atoms with Crippen LogP contribution in [0.3, 0.4) is 0 Å². The smallest absolute Gasteiger partial charge is 0.280 e. The van der Waals surface area contributed by atoms with Crippen LogP contribution in [0.1, 0.15) is 10.7 Å². The van der Waals surface area contributed by atoms with E-state index in [4.69, 9.17) is 0 Å². The van der Waals surface area contributed by atoms with Crippen molar-refractivity contribution >= 4 is 12.1 Å². The van der Waals surface area contributed by atoms with Crippen LogP contribution < -0.4 is 0 Å². The average Bonchev–Trinajstić information content (AvgIpc) is 2.85. The molecule has 0 aliphatic heterocycles. The number of hydrogen-bond donors (Lipinski definition) is 0. The van der Waals surface area contributed by atoms with E-state index in [9.17, 15) is 9.59 Å². The van der Waals surface area contributed by atoms with Crippen molar-refractivity contribution in [3.8, 4) is 0 Å². The summed E-state index contributed by atoms with van der Waals surface area (Å²) in [5.41, 5.74) is 0. The maximum Gasteiger partial charge on any atom is 0.280 e. The van der Waals surface area contributed by atoms with Crippen molar-refractivity contribution in [2.45, 2.75) is 0 Å². The predicted molar refractivity (Wildman–Crippen MR) is 51.1 cm³/mol. The Morgan fingerprint density at radius 3 is 2.27 bits per heavy atom. The van der Waals surface area contributed by atoms with Gasteiger partial charge in [0.25, 0.3) is 11.7 Å². The normalized spacial score (nSPS) is 8.53. The van der Waals surface area contributed by atoms with Crippen LogP contribution in [0.15, 0.2) is 47.5 Å². The number of aromatic nitrogens is 2. The zero-order valence-corrected chi connectivity index (χ0v) is 7.74. The zero-order chi connectivity index (χ0) is 10.9. The zero-order valence-electron chi connectivity index (χ0n) is 7.74. The Balaban J connectivity index is 0.000000162. The molecule has 0 aromatic carbocycles. The van der Waals surface area contributed by atoms with Crippen LogP contribution >= 0.6 is 0 Å². The Labute approximate surface area is 85.8 Å². The van der Waals surface area contributed by atoms with Gasteiger partial charge in [-0.05, 0) is 12.1 Å². The third kappa shape index (κ3) is 3.95. The van der Waals surface area contributed by atoms with E-state index in [-0.39, 0.29) is 12.2 Å². The maximum atomic E-state index is 10.4. The van der Waals surface area contributed by atoms with Crippen molar-refractivity contribution in [3.05, 3.63) is 48.9 Å². The van der Waals surface area contributed by atoms with Crippen molar-refractivity contribution in [3.63, 3.8) is 0 Å². The van der Waals surface area contributed by atoms with Gasteiger partial charge in [0.2, 0.25) is 0 Å². The summed E-state index contributed by atoms with van der Waals surface area (Å²) < 4.78 is 4.49. The largest absolute Gasteiger partial charge is 0.442 e. The minimum absolute atomic E-state index is 0.159. The van der Waals surface area contributed by atoms with Crippen molar-refractivity contribution < 1.29 is 14.0 Å². The molecule has 5 nitrogen and oxygen atoms in total. The SMILES string of the molecule is O=CC(=O)c1ncco1.c1ccncc1. The number of nitrogens with zero attached hydrogens (tertiary/aromatic N) is 2. The molecule has 2 aromatic rings. The summed E-state index contributed by atoms with van der Waals surface area (Å²) in [6, 6.07) is 5.72. The number of ketones is 1. The number of oxazole rings is 1. The summed E-state index contributed by atoms with van der Waals surface area (Å²) in [6.45, 7) is 0. The van der Waals surface area contributed by atoms with E-state index >= 15 is 0 Å². The standard InChI is InChI=1S/C5H3NO3.C5H5N/c7-3-4(8)5-6-1-2-9-5;1-2-4-6-5-3-1/h1-3H;1-5H. The molecule has 0 N–H and O–H groups in total. The van der Waals surface area contributed by atoms with Gasteiger partial charge in [-0.3, -0.25) is 14.6 Å². The molecule has 0 saturated heterocycles. The molecular formula is C10H8N2O3. The lowest BCUT2D eigenvalue weighted by Crippen LogP contribution is -1.98. The molecular weight excluding hydrogens is 196 g/mol. The third-order valence-corrected chi connectivity index (χ3v) is 1.32. The first-order valence-corrected chi connectivity index (χ1v) is 4.08. The number of carbonyl (C=O) groups is 2. The highest BCUT2D eigenvalue weighted by Gasteiger charge is 2.06. The first-order chi connectivity index (χ1) is 7.34. The van der Waals surface area contributed by atoms with Gasteiger partial charge in [0.05, 0.1) is 6.20 Å². The minimum Gasteiger partial charge on any atom is -0.442 e. The lowest BCUT2D eigenvalue weighted by molar-refractivity contribution is -0.104. The second kappa shape index (κ2) is 6.20. The van der Waals surface area contributed by atoms with Gasteiger partial charge in [-0.1, -0.05) is 6.07 Å². The van der Waals surface area contributed by atoms with Gasteiger partial charge in [-0.2, -0.15) is 0 Å². The summed E-state index contributed by atoms with van der Waals surface area (Å²) in [5.74, 6) is -0.898. The number of hydrogen-bond acceptors (Lipinski definition) is 5. The molecule has 2 aromatic heterocycles. The van der Waals surface area contributed by atoms with Crippen LogP contribution in [0, 0.1) is 0 Å². The van der Waals surface area contributed by atoms with Gasteiger partial charge >= 0.3 is 0 Å². The van der Waals surface area contributed by atoms with Gasteiger partial charge in [-0.25, -0.2) is 4.98 Å². The van der Waals surface area contributed by atoms with Gasteiger partial charge in [0, 0.05) is 12.4 Å². The molecule has 0 atom stereocenters. The molecule has 0 aliphatic rings. The van der Waals surface area contributed by atoms with Gasteiger partial charge < -0.3 is 4.42 Å². The van der Waals surface area contributed by atoms with E-state index in [2.05, 4.69) is 14.4 Å². The second-order valence-electron chi connectivity index (χ2n) is 2.34. The molecule has 0 amide bonds. The minimum atomic E-state index is -0.736. The van der Waals surface area contributed by atoms with E-state index in [1.165, 1.54) is 12.5 Å². The lowest BCUT2D eigenvalue weighted by atomic mass is 10.4. The summed E-state index contributed by atoms with van der Waals surface area (Å²) >= 11 is 0. The summed E-state index contributed by atoms with van der Waals surface area (Å²) in [6.07, 6.45) is 6.19. The molecule has 0 spiro atoms. The van der Waals surface area contributed by atoms with Gasteiger partial charge in [0.15, 0.2) is 6.29 Å². The third-order valence-electron chi connectivity index (χ3n) is 1.32. The lowest BCUT2D eigenvalue weighted by Gasteiger charge is -1.77. The van der Waals surface area contributed by atoms with Crippen LogP contribution in [0.2, 0.25) is 0 Å². The number of Topliss-reactive ketones (excluding diaryl/α,β-unsaturated/α-hetero) is 1. The molecule has 76 valence electrons. The van der Waals surface area contributed by atoms with Crippen molar-refractivity contribution in [2.24, 2.45) is 0 Å². The Bertz CT molecular complexity index is 371. The fourth-order valence-electron chi connectivity index (χ4n) is 0.708. The Morgan fingerprint density at radius 1 is 1.20 bits per heavy atom.